The average molecular weight is 355 g/mol. The molecule has 0 saturated carbocycles. The van der Waals surface area contributed by atoms with Crippen molar-refractivity contribution in [3.05, 3.63) is 54.4 Å². The van der Waals surface area contributed by atoms with Gasteiger partial charge in [-0.3, -0.25) is 0 Å². The van der Waals surface area contributed by atoms with Gasteiger partial charge in [0.05, 0.1) is 10.9 Å². The van der Waals surface area contributed by atoms with Crippen molar-refractivity contribution in [3.63, 3.8) is 0 Å². The van der Waals surface area contributed by atoms with Gasteiger partial charge in [-0.15, -0.1) is 0 Å². The van der Waals surface area contributed by atoms with E-state index in [9.17, 15) is 18.7 Å². The molecule has 2 aromatic carbocycles. The summed E-state index contributed by atoms with van der Waals surface area (Å²) in [5.41, 5.74) is 1.73. The number of rotatable bonds is 3. The molecule has 1 unspecified atom stereocenters. The highest BCUT2D eigenvalue weighted by Gasteiger charge is 2.33. The first kappa shape index (κ1) is 16.4. The molecule has 1 N–H and O–H groups in total. The second-order valence-corrected chi connectivity index (χ2v) is 6.22. The van der Waals surface area contributed by atoms with E-state index in [4.69, 9.17) is 0 Å². The fourth-order valence-corrected chi connectivity index (χ4v) is 3.49. The number of aromatic nitrogens is 2. The molecule has 5 nitrogen and oxygen atoms in total. The molecular weight excluding hydrogens is 340 g/mol. The summed E-state index contributed by atoms with van der Waals surface area (Å²) >= 11 is 0. The van der Waals surface area contributed by atoms with Crippen molar-refractivity contribution >= 4 is 22.7 Å². The van der Waals surface area contributed by atoms with E-state index in [2.05, 4.69) is 9.97 Å². The number of nitrogens with zero attached hydrogens (tertiary/aromatic N) is 3. The number of anilines is 1. The van der Waals surface area contributed by atoms with Gasteiger partial charge in [-0.05, 0) is 42.2 Å². The van der Waals surface area contributed by atoms with Gasteiger partial charge in [-0.1, -0.05) is 18.2 Å². The maximum atomic E-state index is 13.7. The lowest BCUT2D eigenvalue weighted by atomic mass is 10.00. The van der Waals surface area contributed by atoms with Crippen molar-refractivity contribution < 1.29 is 18.7 Å². The zero-order chi connectivity index (χ0) is 18.3. The lowest BCUT2D eigenvalue weighted by Gasteiger charge is -2.24. The lowest BCUT2D eigenvalue weighted by molar-refractivity contribution is -0.138. The summed E-state index contributed by atoms with van der Waals surface area (Å²) in [7, 11) is 0. The van der Waals surface area contributed by atoms with E-state index in [1.54, 1.807) is 23.1 Å². The van der Waals surface area contributed by atoms with E-state index < -0.39 is 23.6 Å². The fraction of sp³-hybridized carbons (Fsp3) is 0.211. The highest BCUT2D eigenvalue weighted by atomic mass is 19.2. The minimum atomic E-state index is -0.942. The maximum Gasteiger partial charge on any atom is 0.326 e. The number of benzene rings is 2. The van der Waals surface area contributed by atoms with E-state index in [1.807, 2.05) is 0 Å². The van der Waals surface area contributed by atoms with Crippen LogP contribution in [0.25, 0.3) is 22.0 Å². The molecule has 4 rings (SSSR count). The molecule has 26 heavy (non-hydrogen) atoms. The number of aliphatic carboxylic acids is 1. The predicted octanol–water partition coefficient (Wildman–Crippen LogP) is 3.63. The van der Waals surface area contributed by atoms with Crippen LogP contribution >= 0.6 is 0 Å². The van der Waals surface area contributed by atoms with Crippen LogP contribution in [-0.4, -0.2) is 33.6 Å². The zero-order valence-electron chi connectivity index (χ0n) is 13.7. The van der Waals surface area contributed by atoms with Crippen LogP contribution in [0.1, 0.15) is 12.8 Å². The standard InChI is InChI=1S/C19H15F2N3O2/c20-13-7-6-11(9-14(13)21)12-3-1-4-15-17(12)18(23-10-22-15)24-8-2-5-16(24)19(25)26/h1,3-4,6-7,9-10,16H,2,5,8H2,(H,25,26). The highest BCUT2D eigenvalue weighted by molar-refractivity contribution is 6.02. The minimum Gasteiger partial charge on any atom is -0.480 e. The molecule has 1 aliphatic rings. The SMILES string of the molecule is O=C(O)C1CCCN1c1ncnc2cccc(-c3ccc(F)c(F)c3)c12. The first-order chi connectivity index (χ1) is 12.6. The number of fused-ring (bicyclic) bond motifs is 1. The lowest BCUT2D eigenvalue weighted by Crippen LogP contribution is -2.36. The minimum absolute atomic E-state index is 0.483. The Hall–Kier alpha value is -3.09. The topological polar surface area (TPSA) is 66.3 Å². The summed E-state index contributed by atoms with van der Waals surface area (Å²) in [5, 5.41) is 10.1. The van der Waals surface area contributed by atoms with Gasteiger partial charge in [-0.25, -0.2) is 23.5 Å². The van der Waals surface area contributed by atoms with Crippen LogP contribution in [0.4, 0.5) is 14.6 Å². The van der Waals surface area contributed by atoms with Crippen molar-refractivity contribution in [2.45, 2.75) is 18.9 Å². The molecule has 7 heteroatoms. The Labute approximate surface area is 147 Å². The van der Waals surface area contributed by atoms with Gasteiger partial charge in [0, 0.05) is 6.54 Å². The van der Waals surface area contributed by atoms with Crippen molar-refractivity contribution in [1.82, 2.24) is 9.97 Å². The van der Waals surface area contributed by atoms with Crippen LogP contribution in [0.5, 0.6) is 0 Å². The molecule has 2 heterocycles. The molecule has 3 aromatic rings. The Balaban J connectivity index is 1.95. The number of hydrogen-bond donors (Lipinski definition) is 1. The van der Waals surface area contributed by atoms with Gasteiger partial charge in [0.1, 0.15) is 18.2 Å². The molecule has 1 saturated heterocycles. The van der Waals surface area contributed by atoms with Crippen LogP contribution < -0.4 is 4.90 Å². The van der Waals surface area contributed by atoms with Crippen LogP contribution in [0.15, 0.2) is 42.7 Å². The van der Waals surface area contributed by atoms with Crippen molar-refractivity contribution in [1.29, 1.82) is 0 Å². The molecule has 0 aliphatic carbocycles. The van der Waals surface area contributed by atoms with E-state index in [-0.39, 0.29) is 0 Å². The Bertz CT molecular complexity index is 1000. The zero-order valence-corrected chi connectivity index (χ0v) is 13.7. The Morgan fingerprint density at radius 3 is 2.77 bits per heavy atom. The van der Waals surface area contributed by atoms with Gasteiger partial charge in [0.25, 0.3) is 0 Å². The maximum absolute atomic E-state index is 13.7. The Morgan fingerprint density at radius 2 is 2.00 bits per heavy atom. The van der Waals surface area contributed by atoms with Crippen LogP contribution in [0.3, 0.4) is 0 Å². The molecule has 1 aromatic heterocycles. The number of halogens is 2. The number of carbonyl (C=O) groups is 1. The average Bonchev–Trinajstić information content (AvgIpc) is 3.13. The smallest absolute Gasteiger partial charge is 0.326 e. The predicted molar refractivity (Wildman–Crippen MR) is 92.9 cm³/mol. The van der Waals surface area contributed by atoms with E-state index in [0.29, 0.717) is 40.8 Å². The van der Waals surface area contributed by atoms with Crippen LogP contribution in [-0.2, 0) is 4.79 Å². The highest BCUT2D eigenvalue weighted by Crippen LogP contribution is 2.36. The molecular formula is C19H15F2N3O2. The molecule has 132 valence electrons. The molecule has 1 aliphatic heterocycles. The molecule has 1 fully saturated rings. The fourth-order valence-electron chi connectivity index (χ4n) is 3.49. The molecule has 0 radical (unpaired) electrons. The van der Waals surface area contributed by atoms with Crippen molar-refractivity contribution in [3.8, 4) is 11.1 Å². The molecule has 0 spiro atoms. The molecule has 0 bridgehead atoms. The first-order valence-electron chi connectivity index (χ1n) is 8.25. The second-order valence-electron chi connectivity index (χ2n) is 6.22. The van der Waals surface area contributed by atoms with Gasteiger partial charge in [-0.2, -0.15) is 0 Å². The third-order valence-corrected chi connectivity index (χ3v) is 4.68. The molecule has 1 atom stereocenters. The van der Waals surface area contributed by atoms with E-state index in [0.717, 1.165) is 18.6 Å². The van der Waals surface area contributed by atoms with E-state index in [1.165, 1.54) is 12.4 Å². The quantitative estimate of drug-likeness (QED) is 0.777. The summed E-state index contributed by atoms with van der Waals surface area (Å²) in [4.78, 5) is 21.9. The van der Waals surface area contributed by atoms with Gasteiger partial charge < -0.3 is 10.0 Å². The normalized spacial score (nSPS) is 17.0. The third-order valence-electron chi connectivity index (χ3n) is 4.68. The third kappa shape index (κ3) is 2.65. The first-order valence-corrected chi connectivity index (χ1v) is 8.25. The number of carboxylic acid groups (broad SMARTS) is 1. The summed E-state index contributed by atoms with van der Waals surface area (Å²) in [6, 6.07) is 8.36. The number of hydrogen-bond acceptors (Lipinski definition) is 4. The summed E-state index contributed by atoms with van der Waals surface area (Å²) in [5.74, 6) is -2.27. The van der Waals surface area contributed by atoms with Gasteiger partial charge in [0.2, 0.25) is 0 Å². The Kier molecular flexibility index (Phi) is 3.99. The number of carboxylic acids is 1. The van der Waals surface area contributed by atoms with Gasteiger partial charge >= 0.3 is 5.97 Å². The summed E-state index contributed by atoms with van der Waals surface area (Å²) in [6.45, 7) is 0.565. The van der Waals surface area contributed by atoms with Crippen molar-refractivity contribution in [2.75, 3.05) is 11.4 Å². The van der Waals surface area contributed by atoms with Crippen molar-refractivity contribution in [2.24, 2.45) is 0 Å². The largest absolute Gasteiger partial charge is 0.480 e. The van der Waals surface area contributed by atoms with Crippen LogP contribution in [0, 0.1) is 11.6 Å². The monoisotopic (exact) mass is 355 g/mol. The van der Waals surface area contributed by atoms with Gasteiger partial charge in [0.15, 0.2) is 11.6 Å². The van der Waals surface area contributed by atoms with Crippen LogP contribution in [0.2, 0.25) is 0 Å². The molecule has 0 amide bonds. The Morgan fingerprint density at radius 1 is 1.15 bits per heavy atom. The summed E-state index contributed by atoms with van der Waals surface area (Å²) in [6.07, 6.45) is 2.67. The second kappa shape index (κ2) is 6.33. The summed E-state index contributed by atoms with van der Waals surface area (Å²) < 4.78 is 27.1. The van der Waals surface area contributed by atoms with E-state index >= 15 is 0 Å².